The van der Waals surface area contributed by atoms with Gasteiger partial charge in [-0.3, -0.25) is 14.9 Å². The van der Waals surface area contributed by atoms with Crippen molar-refractivity contribution >= 4 is 23.5 Å². The highest BCUT2D eigenvalue weighted by molar-refractivity contribution is 5.88. The summed E-state index contributed by atoms with van der Waals surface area (Å²) in [5.41, 5.74) is 4.19. The molecule has 0 heterocycles. The maximum Gasteiger partial charge on any atom is 0.270 e. The lowest BCUT2D eigenvalue weighted by Gasteiger charge is -2.13. The monoisotopic (exact) mass is 342 g/mol. The van der Waals surface area contributed by atoms with Crippen LogP contribution in [0.5, 0.6) is 5.75 Å². The van der Waals surface area contributed by atoms with Crippen LogP contribution in [0.25, 0.3) is 0 Å². The summed E-state index contributed by atoms with van der Waals surface area (Å²) in [7, 11) is 0. The Kier molecular flexibility index (Phi) is 5.67. The molecule has 0 aliphatic rings. The highest BCUT2D eigenvalue weighted by Crippen LogP contribution is 2.21. The van der Waals surface area contributed by atoms with Gasteiger partial charge in [0.25, 0.3) is 11.6 Å². The number of nitro groups is 1. The fourth-order valence-corrected chi connectivity index (χ4v) is 1.99. The summed E-state index contributed by atoms with van der Waals surface area (Å²) in [5.74, 6) is -0.559. The molecule has 8 heteroatoms. The van der Waals surface area contributed by atoms with Crippen molar-refractivity contribution in [2.24, 2.45) is 5.10 Å². The Hall–Kier alpha value is -3.42. The van der Waals surface area contributed by atoms with Gasteiger partial charge in [0.2, 0.25) is 0 Å². The number of hydrogen-bond donors (Lipinski definition) is 3. The predicted octanol–water partition coefficient (Wildman–Crippen LogP) is 2.56. The minimum absolute atomic E-state index is 0.133. The van der Waals surface area contributed by atoms with Crippen LogP contribution in [0, 0.1) is 17.0 Å². The van der Waals surface area contributed by atoms with Gasteiger partial charge < -0.3 is 10.4 Å². The van der Waals surface area contributed by atoms with Crippen molar-refractivity contribution in [3.05, 3.63) is 63.7 Å². The summed E-state index contributed by atoms with van der Waals surface area (Å²) >= 11 is 0. The van der Waals surface area contributed by atoms with Gasteiger partial charge in [-0.1, -0.05) is 17.7 Å². The first kappa shape index (κ1) is 17.9. The second-order valence-corrected chi connectivity index (χ2v) is 5.47. The third kappa shape index (κ3) is 5.03. The molecule has 0 saturated carbocycles. The van der Waals surface area contributed by atoms with Crippen LogP contribution in [0.1, 0.15) is 18.1 Å². The molecule has 0 bridgehead atoms. The van der Waals surface area contributed by atoms with Crippen molar-refractivity contribution < 1.29 is 14.8 Å². The number of aryl methyl sites for hydroxylation is 1. The van der Waals surface area contributed by atoms with Crippen molar-refractivity contribution in [1.29, 1.82) is 0 Å². The number of nitro benzene ring substituents is 1. The van der Waals surface area contributed by atoms with Crippen LogP contribution >= 0.6 is 0 Å². The second kappa shape index (κ2) is 7.91. The molecule has 1 atom stereocenters. The highest BCUT2D eigenvalue weighted by Gasteiger charge is 2.12. The third-order valence-electron chi connectivity index (χ3n) is 3.43. The van der Waals surface area contributed by atoms with Gasteiger partial charge in [-0.15, -0.1) is 0 Å². The van der Waals surface area contributed by atoms with E-state index in [1.54, 1.807) is 6.92 Å². The van der Waals surface area contributed by atoms with E-state index in [9.17, 15) is 20.0 Å². The molecule has 0 fully saturated rings. The number of carbonyl (C=O) groups is 1. The Morgan fingerprint density at radius 3 is 2.60 bits per heavy atom. The van der Waals surface area contributed by atoms with E-state index in [0.29, 0.717) is 0 Å². The normalized spacial score (nSPS) is 11.9. The molecular formula is C17H18N4O4. The maximum atomic E-state index is 12.0. The molecule has 25 heavy (non-hydrogen) atoms. The van der Waals surface area contributed by atoms with Gasteiger partial charge in [0, 0.05) is 23.4 Å². The minimum atomic E-state index is -0.580. The van der Waals surface area contributed by atoms with Crippen LogP contribution in [0.2, 0.25) is 0 Å². The third-order valence-corrected chi connectivity index (χ3v) is 3.43. The number of anilines is 1. The molecule has 0 saturated heterocycles. The van der Waals surface area contributed by atoms with Crippen LogP contribution in [0.4, 0.5) is 11.4 Å². The number of hydrogen-bond acceptors (Lipinski definition) is 6. The zero-order valence-corrected chi connectivity index (χ0v) is 13.8. The van der Waals surface area contributed by atoms with Crippen LogP contribution in [-0.2, 0) is 4.79 Å². The van der Waals surface area contributed by atoms with Gasteiger partial charge in [0.05, 0.1) is 11.1 Å². The summed E-state index contributed by atoms with van der Waals surface area (Å²) in [4.78, 5) is 22.2. The number of non-ortho nitro benzene ring substituents is 1. The second-order valence-electron chi connectivity index (χ2n) is 5.47. The summed E-state index contributed by atoms with van der Waals surface area (Å²) in [6, 6.07) is 10.6. The van der Waals surface area contributed by atoms with Crippen molar-refractivity contribution in [2.75, 3.05) is 5.32 Å². The number of nitrogens with one attached hydrogen (secondary N) is 2. The summed E-state index contributed by atoms with van der Waals surface area (Å²) in [6.45, 7) is 3.65. The number of aromatic hydroxyl groups is 1. The number of nitrogens with zero attached hydrogens (tertiary/aromatic N) is 2. The Morgan fingerprint density at radius 1 is 1.28 bits per heavy atom. The minimum Gasteiger partial charge on any atom is -0.507 e. The molecule has 130 valence electrons. The lowest BCUT2D eigenvalue weighted by atomic mass is 10.2. The zero-order valence-electron chi connectivity index (χ0n) is 13.8. The topological polar surface area (TPSA) is 117 Å². The van der Waals surface area contributed by atoms with E-state index in [4.69, 9.17) is 0 Å². The quantitative estimate of drug-likeness (QED) is 0.424. The summed E-state index contributed by atoms with van der Waals surface area (Å²) in [5, 5.41) is 27.2. The number of carbonyl (C=O) groups excluding carboxylic acids is 1. The van der Waals surface area contributed by atoms with E-state index in [1.165, 1.54) is 18.2 Å². The largest absolute Gasteiger partial charge is 0.507 e. The van der Waals surface area contributed by atoms with Crippen molar-refractivity contribution in [1.82, 2.24) is 5.43 Å². The maximum absolute atomic E-state index is 12.0. The average molecular weight is 342 g/mol. The molecule has 0 aliphatic heterocycles. The zero-order chi connectivity index (χ0) is 18.4. The fraction of sp³-hybridized carbons (Fsp3) is 0.176. The number of hydrazone groups is 1. The Morgan fingerprint density at radius 2 is 1.96 bits per heavy atom. The van der Waals surface area contributed by atoms with Gasteiger partial charge in [-0.2, -0.15) is 5.10 Å². The van der Waals surface area contributed by atoms with Crippen molar-refractivity contribution in [3.63, 3.8) is 0 Å². The van der Waals surface area contributed by atoms with E-state index in [1.807, 2.05) is 31.2 Å². The Labute approximate surface area is 144 Å². The summed E-state index contributed by atoms with van der Waals surface area (Å²) < 4.78 is 0. The van der Waals surface area contributed by atoms with Crippen LogP contribution in [0.3, 0.4) is 0 Å². The SMILES string of the molecule is Cc1ccc(NC(C)C(=O)N/N=C\c2cc([N+](=O)[O-])ccc2O)cc1. The van der Waals surface area contributed by atoms with Gasteiger partial charge >= 0.3 is 0 Å². The number of rotatable bonds is 6. The van der Waals surface area contributed by atoms with Crippen LogP contribution < -0.4 is 10.7 Å². The molecule has 3 N–H and O–H groups in total. The fourth-order valence-electron chi connectivity index (χ4n) is 1.99. The predicted molar refractivity (Wildman–Crippen MR) is 94.8 cm³/mol. The number of phenolic OH excluding ortho intramolecular Hbond substituents is 1. The molecule has 2 rings (SSSR count). The lowest BCUT2D eigenvalue weighted by Crippen LogP contribution is -2.34. The van der Waals surface area contributed by atoms with Crippen LogP contribution in [0.15, 0.2) is 47.6 Å². The Balaban J connectivity index is 1.96. The van der Waals surface area contributed by atoms with E-state index in [0.717, 1.165) is 17.5 Å². The van der Waals surface area contributed by atoms with Crippen molar-refractivity contribution in [3.8, 4) is 5.75 Å². The molecule has 0 aromatic heterocycles. The van der Waals surface area contributed by atoms with Crippen molar-refractivity contribution in [2.45, 2.75) is 19.9 Å². The molecule has 1 amide bonds. The Bertz CT molecular complexity index is 803. The lowest BCUT2D eigenvalue weighted by molar-refractivity contribution is -0.384. The summed E-state index contributed by atoms with van der Waals surface area (Å²) in [6.07, 6.45) is 1.15. The molecule has 1 unspecified atom stereocenters. The highest BCUT2D eigenvalue weighted by atomic mass is 16.6. The first-order valence-electron chi connectivity index (χ1n) is 7.50. The van der Waals surface area contributed by atoms with Gasteiger partial charge in [-0.05, 0) is 32.0 Å². The van der Waals surface area contributed by atoms with Gasteiger partial charge in [-0.25, -0.2) is 5.43 Å². The van der Waals surface area contributed by atoms with E-state index < -0.39 is 11.0 Å². The van der Waals surface area contributed by atoms with E-state index >= 15 is 0 Å². The van der Waals surface area contributed by atoms with E-state index in [-0.39, 0.29) is 22.9 Å². The molecule has 2 aromatic carbocycles. The van der Waals surface area contributed by atoms with Gasteiger partial charge in [0.15, 0.2) is 0 Å². The molecule has 0 aliphatic carbocycles. The first-order valence-corrected chi connectivity index (χ1v) is 7.50. The average Bonchev–Trinajstić information content (AvgIpc) is 2.58. The van der Waals surface area contributed by atoms with E-state index in [2.05, 4.69) is 15.8 Å². The first-order chi connectivity index (χ1) is 11.9. The molecular weight excluding hydrogens is 324 g/mol. The van der Waals surface area contributed by atoms with Gasteiger partial charge in [0.1, 0.15) is 11.8 Å². The van der Waals surface area contributed by atoms with Crippen LogP contribution in [-0.4, -0.2) is 28.2 Å². The number of amides is 1. The molecule has 8 nitrogen and oxygen atoms in total. The molecule has 0 spiro atoms. The molecule has 2 aromatic rings. The standard InChI is InChI=1S/C17H18N4O4/c1-11-3-5-14(6-4-11)19-12(2)17(23)20-18-10-13-9-15(21(24)25)7-8-16(13)22/h3-10,12,19,22H,1-2H3,(H,20,23)/b18-10-. The number of benzene rings is 2. The smallest absolute Gasteiger partial charge is 0.270 e. The molecule has 0 radical (unpaired) electrons. The number of phenols is 1.